The lowest BCUT2D eigenvalue weighted by molar-refractivity contribution is -0.148. The Labute approximate surface area is 134 Å². The van der Waals surface area contributed by atoms with Crippen LogP contribution >= 0.6 is 0 Å². The lowest BCUT2D eigenvalue weighted by Crippen LogP contribution is -2.59. The summed E-state index contributed by atoms with van der Waals surface area (Å²) >= 11 is 0. The van der Waals surface area contributed by atoms with Crippen LogP contribution < -0.4 is 5.32 Å². The van der Waals surface area contributed by atoms with Crippen LogP contribution in [0, 0.1) is 6.92 Å². The van der Waals surface area contributed by atoms with Gasteiger partial charge in [0, 0.05) is 17.3 Å². The van der Waals surface area contributed by atoms with E-state index in [1.54, 1.807) is 18.3 Å². The van der Waals surface area contributed by atoms with E-state index in [1.165, 1.54) is 0 Å². The van der Waals surface area contributed by atoms with Crippen LogP contribution in [0.3, 0.4) is 0 Å². The monoisotopic (exact) mass is 310 g/mol. The fourth-order valence-electron chi connectivity index (χ4n) is 2.89. The van der Waals surface area contributed by atoms with Gasteiger partial charge in [0.1, 0.15) is 5.54 Å². The minimum absolute atomic E-state index is 0.345. The largest absolute Gasteiger partial charge is 0.480 e. The van der Waals surface area contributed by atoms with Crippen LogP contribution in [0.2, 0.25) is 0 Å². The van der Waals surface area contributed by atoms with Gasteiger partial charge < -0.3 is 10.4 Å². The number of carbonyl (C=O) groups is 2. The average molecular weight is 310 g/mol. The van der Waals surface area contributed by atoms with Crippen LogP contribution in [0.25, 0.3) is 11.3 Å². The molecule has 0 unspecified atom stereocenters. The van der Waals surface area contributed by atoms with Crippen LogP contribution in [-0.4, -0.2) is 27.5 Å². The van der Waals surface area contributed by atoms with Gasteiger partial charge in [0.25, 0.3) is 5.91 Å². The molecule has 1 aliphatic carbocycles. The highest BCUT2D eigenvalue weighted by Gasteiger charge is 2.45. The first kappa shape index (κ1) is 15.2. The predicted octanol–water partition coefficient (Wildman–Crippen LogP) is 2.79. The number of hydrogen-bond donors (Lipinski definition) is 2. The van der Waals surface area contributed by atoms with Crippen molar-refractivity contribution in [2.24, 2.45) is 0 Å². The van der Waals surface area contributed by atoms with Crippen LogP contribution in [0.1, 0.15) is 35.2 Å². The molecule has 0 atom stereocenters. The summed E-state index contributed by atoms with van der Waals surface area (Å²) in [6.07, 6.45) is 3.48. The number of aromatic nitrogens is 1. The molecule has 118 valence electrons. The molecule has 1 saturated carbocycles. The van der Waals surface area contributed by atoms with Gasteiger partial charge in [0.15, 0.2) is 0 Å². The van der Waals surface area contributed by atoms with Crippen molar-refractivity contribution in [3.05, 3.63) is 53.7 Å². The topological polar surface area (TPSA) is 79.3 Å². The van der Waals surface area contributed by atoms with E-state index >= 15 is 0 Å². The maximum absolute atomic E-state index is 12.6. The maximum Gasteiger partial charge on any atom is 0.329 e. The van der Waals surface area contributed by atoms with Crippen molar-refractivity contribution in [2.45, 2.75) is 31.7 Å². The Bertz CT molecular complexity index is 752. The number of carboxylic acid groups (broad SMARTS) is 1. The second kappa shape index (κ2) is 5.83. The second-order valence-corrected chi connectivity index (χ2v) is 5.89. The number of carboxylic acids is 1. The van der Waals surface area contributed by atoms with Crippen LogP contribution in [0.15, 0.2) is 42.6 Å². The van der Waals surface area contributed by atoms with E-state index in [-0.39, 0.29) is 5.91 Å². The number of benzene rings is 1. The number of amides is 1. The number of pyridine rings is 1. The average Bonchev–Trinajstić information content (AvgIpc) is 2.51. The van der Waals surface area contributed by atoms with Crippen LogP contribution in [0.5, 0.6) is 0 Å². The normalized spacial score (nSPS) is 15.5. The second-order valence-electron chi connectivity index (χ2n) is 5.89. The third-order valence-corrected chi connectivity index (χ3v) is 4.49. The smallest absolute Gasteiger partial charge is 0.329 e. The zero-order chi connectivity index (χ0) is 16.4. The first-order valence-electron chi connectivity index (χ1n) is 7.60. The van der Waals surface area contributed by atoms with Gasteiger partial charge in [-0.15, -0.1) is 0 Å². The quantitative estimate of drug-likeness (QED) is 0.910. The fourth-order valence-corrected chi connectivity index (χ4v) is 2.89. The fraction of sp³-hybridized carbons (Fsp3) is 0.278. The summed E-state index contributed by atoms with van der Waals surface area (Å²) in [4.78, 5) is 28.3. The molecule has 2 N–H and O–H groups in total. The molecule has 1 amide bonds. The maximum atomic E-state index is 12.6. The van der Waals surface area contributed by atoms with E-state index < -0.39 is 11.5 Å². The molecule has 1 aromatic heterocycles. The Balaban J connectivity index is 1.92. The first-order valence-corrected chi connectivity index (χ1v) is 7.60. The van der Waals surface area contributed by atoms with Crippen LogP contribution in [-0.2, 0) is 4.79 Å². The molecular formula is C18H18N2O3. The lowest BCUT2D eigenvalue weighted by atomic mass is 9.76. The third-order valence-electron chi connectivity index (χ3n) is 4.49. The summed E-state index contributed by atoms with van der Waals surface area (Å²) in [6, 6.07) is 11.0. The highest BCUT2D eigenvalue weighted by Crippen LogP contribution is 2.33. The molecule has 23 heavy (non-hydrogen) atoms. The van der Waals surface area contributed by atoms with E-state index in [1.807, 2.05) is 31.2 Å². The van der Waals surface area contributed by atoms with Crippen molar-refractivity contribution < 1.29 is 14.7 Å². The van der Waals surface area contributed by atoms with Gasteiger partial charge in [-0.3, -0.25) is 9.78 Å². The summed E-state index contributed by atoms with van der Waals surface area (Å²) in [6.45, 7) is 1.85. The summed E-state index contributed by atoms with van der Waals surface area (Å²) in [5, 5.41) is 12.1. The molecule has 0 aliphatic heterocycles. The zero-order valence-corrected chi connectivity index (χ0v) is 12.9. The molecular weight excluding hydrogens is 292 g/mol. The number of nitrogens with zero attached hydrogens (tertiary/aromatic N) is 1. The van der Waals surface area contributed by atoms with Crippen LogP contribution in [0.4, 0.5) is 0 Å². The summed E-state index contributed by atoms with van der Waals surface area (Å²) < 4.78 is 0. The Morgan fingerprint density at radius 1 is 1.17 bits per heavy atom. The van der Waals surface area contributed by atoms with E-state index in [4.69, 9.17) is 0 Å². The van der Waals surface area contributed by atoms with Crippen molar-refractivity contribution in [1.82, 2.24) is 10.3 Å². The molecule has 0 bridgehead atoms. The molecule has 5 nitrogen and oxygen atoms in total. The van der Waals surface area contributed by atoms with Crippen molar-refractivity contribution in [2.75, 3.05) is 0 Å². The molecule has 1 aromatic carbocycles. The van der Waals surface area contributed by atoms with Gasteiger partial charge >= 0.3 is 5.97 Å². The van der Waals surface area contributed by atoms with Crippen molar-refractivity contribution in [3.63, 3.8) is 0 Å². The number of nitrogens with one attached hydrogen (secondary N) is 1. The van der Waals surface area contributed by atoms with E-state index in [9.17, 15) is 14.7 Å². The van der Waals surface area contributed by atoms with Gasteiger partial charge in [0.2, 0.25) is 0 Å². The Hall–Kier alpha value is -2.69. The first-order chi connectivity index (χ1) is 11.0. The molecule has 3 rings (SSSR count). The molecule has 1 aliphatic rings. The summed E-state index contributed by atoms with van der Waals surface area (Å²) in [5.41, 5.74) is 1.83. The predicted molar refractivity (Wildman–Crippen MR) is 86.1 cm³/mol. The molecule has 1 fully saturated rings. The van der Waals surface area contributed by atoms with E-state index in [0.29, 0.717) is 18.4 Å². The van der Waals surface area contributed by atoms with Gasteiger partial charge in [0.05, 0.1) is 5.69 Å². The van der Waals surface area contributed by atoms with E-state index in [0.717, 1.165) is 23.2 Å². The molecule has 0 saturated heterocycles. The molecule has 0 spiro atoms. The van der Waals surface area contributed by atoms with Crippen molar-refractivity contribution >= 4 is 11.9 Å². The number of aliphatic carboxylic acids is 1. The minimum Gasteiger partial charge on any atom is -0.480 e. The van der Waals surface area contributed by atoms with E-state index in [2.05, 4.69) is 10.3 Å². The van der Waals surface area contributed by atoms with Crippen molar-refractivity contribution in [3.8, 4) is 11.3 Å². The molecule has 2 aromatic rings. The van der Waals surface area contributed by atoms with Gasteiger partial charge in [-0.2, -0.15) is 0 Å². The summed E-state index contributed by atoms with van der Waals surface area (Å²) in [5.74, 6) is -1.31. The Kier molecular flexibility index (Phi) is 3.86. The number of carbonyl (C=O) groups excluding carboxylic acids is 1. The molecule has 1 heterocycles. The third kappa shape index (κ3) is 2.70. The van der Waals surface area contributed by atoms with Gasteiger partial charge in [-0.1, -0.05) is 18.2 Å². The Morgan fingerprint density at radius 2 is 1.96 bits per heavy atom. The number of rotatable bonds is 4. The zero-order valence-electron chi connectivity index (χ0n) is 12.9. The standard InChI is InChI=1S/C18H18N2O3/c1-12-13(15-8-2-3-11-19-15)6-4-7-14(12)16(21)20-18(17(22)23)9-5-10-18/h2-4,6-8,11H,5,9-10H2,1H3,(H,20,21)(H,22,23). The van der Waals surface area contributed by atoms with Crippen molar-refractivity contribution in [1.29, 1.82) is 0 Å². The highest BCUT2D eigenvalue weighted by molar-refractivity contribution is 6.00. The lowest BCUT2D eigenvalue weighted by Gasteiger charge is -2.38. The molecule has 5 heteroatoms. The minimum atomic E-state index is -1.11. The number of hydrogen-bond acceptors (Lipinski definition) is 3. The van der Waals surface area contributed by atoms with Gasteiger partial charge in [-0.05, 0) is 49.9 Å². The summed E-state index contributed by atoms with van der Waals surface area (Å²) in [7, 11) is 0. The molecule has 0 radical (unpaired) electrons. The Morgan fingerprint density at radius 3 is 2.52 bits per heavy atom. The van der Waals surface area contributed by atoms with Gasteiger partial charge in [-0.25, -0.2) is 4.79 Å². The SMILES string of the molecule is Cc1c(C(=O)NC2(C(=O)O)CCC2)cccc1-c1ccccn1. The highest BCUT2D eigenvalue weighted by atomic mass is 16.4.